The lowest BCUT2D eigenvalue weighted by molar-refractivity contribution is -0.134. The maximum absolute atomic E-state index is 12.9. The third-order valence-corrected chi connectivity index (χ3v) is 5.68. The second kappa shape index (κ2) is 7.50. The molecule has 1 atom stereocenters. The van der Waals surface area contributed by atoms with Crippen LogP contribution in [0.2, 0.25) is 0 Å². The summed E-state index contributed by atoms with van der Waals surface area (Å²) in [7, 11) is 0. The van der Waals surface area contributed by atoms with Gasteiger partial charge in [-0.2, -0.15) is 0 Å². The normalized spacial score (nSPS) is 20.0. The van der Waals surface area contributed by atoms with E-state index in [1.165, 1.54) is 22.4 Å². The van der Waals surface area contributed by atoms with Crippen LogP contribution < -0.4 is 10.2 Å². The average Bonchev–Trinajstić information content (AvgIpc) is 2.73. The van der Waals surface area contributed by atoms with Crippen LogP contribution in [0.1, 0.15) is 23.6 Å². The fourth-order valence-corrected chi connectivity index (χ4v) is 3.98. The predicted molar refractivity (Wildman–Crippen MR) is 105 cm³/mol. The van der Waals surface area contributed by atoms with Crippen molar-refractivity contribution < 1.29 is 4.79 Å². The first-order valence-electron chi connectivity index (χ1n) is 9.67. The number of nitrogens with zero attached hydrogens (tertiary/aromatic N) is 2. The fourth-order valence-electron chi connectivity index (χ4n) is 3.98. The molecular weight excluding hydrogens is 322 g/mol. The van der Waals surface area contributed by atoms with Gasteiger partial charge in [-0.25, -0.2) is 0 Å². The summed E-state index contributed by atoms with van der Waals surface area (Å²) < 4.78 is 0. The highest BCUT2D eigenvalue weighted by Crippen LogP contribution is 2.20. The van der Waals surface area contributed by atoms with Crippen molar-refractivity contribution >= 4 is 11.6 Å². The van der Waals surface area contributed by atoms with Crippen LogP contribution >= 0.6 is 0 Å². The first-order valence-corrected chi connectivity index (χ1v) is 9.67. The Bertz CT molecular complexity index is 763. The third kappa shape index (κ3) is 3.47. The predicted octanol–water partition coefficient (Wildman–Crippen LogP) is 2.61. The smallest absolute Gasteiger partial charge is 0.240 e. The Morgan fingerprint density at radius 2 is 1.69 bits per heavy atom. The summed E-state index contributed by atoms with van der Waals surface area (Å²) in [6.07, 6.45) is 1.87. The van der Waals surface area contributed by atoms with Gasteiger partial charge in [-0.05, 0) is 41.7 Å². The lowest BCUT2D eigenvalue weighted by Crippen LogP contribution is -2.55. The minimum atomic E-state index is -0.0831. The lowest BCUT2D eigenvalue weighted by atomic mass is 9.95. The number of piperazine rings is 1. The average molecular weight is 349 g/mol. The highest BCUT2D eigenvalue weighted by Gasteiger charge is 2.29. The fraction of sp³-hybridized carbons (Fsp3) is 0.409. The van der Waals surface area contributed by atoms with Crippen molar-refractivity contribution in [3.63, 3.8) is 0 Å². The quantitative estimate of drug-likeness (QED) is 0.925. The van der Waals surface area contributed by atoms with Crippen molar-refractivity contribution in [2.75, 3.05) is 31.1 Å². The first kappa shape index (κ1) is 17.1. The zero-order valence-electron chi connectivity index (χ0n) is 15.4. The monoisotopic (exact) mass is 349 g/mol. The highest BCUT2D eigenvalue weighted by atomic mass is 16.2. The van der Waals surface area contributed by atoms with Gasteiger partial charge in [0.1, 0.15) is 0 Å². The summed E-state index contributed by atoms with van der Waals surface area (Å²) >= 11 is 0. The molecule has 0 aliphatic carbocycles. The van der Waals surface area contributed by atoms with Gasteiger partial charge in [0, 0.05) is 38.4 Å². The van der Waals surface area contributed by atoms with E-state index in [9.17, 15) is 4.79 Å². The van der Waals surface area contributed by atoms with Crippen LogP contribution in [-0.4, -0.2) is 43.0 Å². The Morgan fingerprint density at radius 3 is 2.38 bits per heavy atom. The van der Waals surface area contributed by atoms with E-state index in [0.717, 1.165) is 45.6 Å². The molecule has 4 nitrogen and oxygen atoms in total. The molecular formula is C22H27N3O. The van der Waals surface area contributed by atoms with Crippen LogP contribution in [0.5, 0.6) is 0 Å². The number of nitrogens with one attached hydrogen (secondary N) is 1. The summed E-state index contributed by atoms with van der Waals surface area (Å²) in [5.41, 5.74) is 5.25. The van der Waals surface area contributed by atoms with Crippen LogP contribution in [0, 0.1) is 0 Å². The molecule has 26 heavy (non-hydrogen) atoms. The molecule has 0 bridgehead atoms. The Labute approximate surface area is 155 Å². The van der Waals surface area contributed by atoms with Crippen LogP contribution in [0.15, 0.2) is 48.5 Å². The van der Waals surface area contributed by atoms with E-state index in [4.69, 9.17) is 0 Å². The summed E-state index contributed by atoms with van der Waals surface area (Å²) in [6.45, 7) is 6.37. The largest absolute Gasteiger partial charge is 0.368 e. The van der Waals surface area contributed by atoms with Crippen molar-refractivity contribution in [1.29, 1.82) is 0 Å². The SMILES string of the molecule is CCc1ccc(N2CCN(C(=O)C3Cc4ccccc4CN3)CC2)cc1. The molecule has 2 heterocycles. The summed E-state index contributed by atoms with van der Waals surface area (Å²) in [4.78, 5) is 17.3. The topological polar surface area (TPSA) is 35.6 Å². The molecule has 0 saturated carbocycles. The van der Waals surface area contributed by atoms with Crippen molar-refractivity contribution in [2.24, 2.45) is 0 Å². The van der Waals surface area contributed by atoms with Gasteiger partial charge in [0.05, 0.1) is 6.04 Å². The van der Waals surface area contributed by atoms with Gasteiger partial charge < -0.3 is 15.1 Å². The van der Waals surface area contributed by atoms with E-state index in [-0.39, 0.29) is 11.9 Å². The number of rotatable bonds is 3. The van der Waals surface area contributed by atoms with Crippen LogP contribution in [-0.2, 0) is 24.2 Å². The maximum Gasteiger partial charge on any atom is 0.240 e. The van der Waals surface area contributed by atoms with Gasteiger partial charge in [-0.1, -0.05) is 43.3 Å². The molecule has 1 N–H and O–H groups in total. The minimum Gasteiger partial charge on any atom is -0.368 e. The van der Waals surface area contributed by atoms with Gasteiger partial charge in [-0.3, -0.25) is 4.79 Å². The standard InChI is InChI=1S/C22H27N3O/c1-2-17-7-9-20(10-8-17)24-11-13-25(14-12-24)22(26)21-15-18-5-3-4-6-19(18)16-23-21/h3-10,21,23H,2,11-16H2,1H3. The van der Waals surface area contributed by atoms with Crippen molar-refractivity contribution in [1.82, 2.24) is 10.2 Å². The van der Waals surface area contributed by atoms with Gasteiger partial charge in [-0.15, -0.1) is 0 Å². The second-order valence-electron chi connectivity index (χ2n) is 7.24. The highest BCUT2D eigenvalue weighted by molar-refractivity contribution is 5.83. The molecule has 2 aromatic rings. The molecule has 1 amide bonds. The molecule has 0 radical (unpaired) electrons. The van der Waals surface area contributed by atoms with E-state index in [1.807, 2.05) is 4.90 Å². The number of amides is 1. The van der Waals surface area contributed by atoms with Gasteiger partial charge >= 0.3 is 0 Å². The molecule has 2 aliphatic heterocycles. The van der Waals surface area contributed by atoms with Crippen LogP contribution in [0.3, 0.4) is 0 Å². The van der Waals surface area contributed by atoms with E-state index in [2.05, 4.69) is 65.7 Å². The number of anilines is 1. The Kier molecular flexibility index (Phi) is 4.93. The summed E-state index contributed by atoms with van der Waals surface area (Å²) in [5, 5.41) is 3.42. The summed E-state index contributed by atoms with van der Waals surface area (Å²) in [5.74, 6) is 0.250. The van der Waals surface area contributed by atoms with E-state index in [1.54, 1.807) is 0 Å². The van der Waals surface area contributed by atoms with Crippen LogP contribution in [0.4, 0.5) is 5.69 Å². The van der Waals surface area contributed by atoms with Crippen molar-refractivity contribution in [3.05, 3.63) is 65.2 Å². The maximum atomic E-state index is 12.9. The zero-order chi connectivity index (χ0) is 17.9. The molecule has 2 aromatic carbocycles. The number of carbonyl (C=O) groups is 1. The molecule has 4 rings (SSSR count). The molecule has 0 spiro atoms. The zero-order valence-corrected chi connectivity index (χ0v) is 15.4. The number of hydrogen-bond donors (Lipinski definition) is 1. The molecule has 1 unspecified atom stereocenters. The molecule has 1 saturated heterocycles. The molecule has 4 heteroatoms. The molecule has 1 fully saturated rings. The van der Waals surface area contributed by atoms with E-state index >= 15 is 0 Å². The molecule has 2 aliphatic rings. The third-order valence-electron chi connectivity index (χ3n) is 5.68. The minimum absolute atomic E-state index is 0.0831. The number of carbonyl (C=O) groups excluding carboxylic acids is 1. The number of hydrogen-bond acceptors (Lipinski definition) is 3. The second-order valence-corrected chi connectivity index (χ2v) is 7.24. The first-order chi connectivity index (χ1) is 12.7. The Hall–Kier alpha value is -2.33. The van der Waals surface area contributed by atoms with E-state index in [0.29, 0.717) is 0 Å². The molecule has 136 valence electrons. The van der Waals surface area contributed by atoms with Gasteiger partial charge in [0.2, 0.25) is 5.91 Å². The van der Waals surface area contributed by atoms with Gasteiger partial charge in [0.15, 0.2) is 0 Å². The Balaban J connectivity index is 1.35. The lowest BCUT2D eigenvalue weighted by Gasteiger charge is -2.38. The molecule has 0 aromatic heterocycles. The van der Waals surface area contributed by atoms with E-state index < -0.39 is 0 Å². The summed E-state index contributed by atoms with van der Waals surface area (Å²) in [6, 6.07) is 17.2. The van der Waals surface area contributed by atoms with Crippen LogP contribution in [0.25, 0.3) is 0 Å². The Morgan fingerprint density at radius 1 is 1.00 bits per heavy atom. The van der Waals surface area contributed by atoms with Crippen molar-refractivity contribution in [2.45, 2.75) is 32.4 Å². The van der Waals surface area contributed by atoms with Crippen molar-refractivity contribution in [3.8, 4) is 0 Å². The number of benzene rings is 2. The number of fused-ring (bicyclic) bond motifs is 1. The van der Waals surface area contributed by atoms with Gasteiger partial charge in [0.25, 0.3) is 0 Å². The number of aryl methyl sites for hydroxylation is 1.